The normalized spacial score (nSPS) is 24.4. The Bertz CT molecular complexity index is 409. The van der Waals surface area contributed by atoms with Crippen molar-refractivity contribution < 1.29 is 9.53 Å². The van der Waals surface area contributed by atoms with Crippen molar-refractivity contribution in [2.75, 3.05) is 0 Å². The fraction of sp³-hybridized carbons (Fsp3) is 0.533. The highest BCUT2D eigenvalue weighted by atomic mass is 16.5. The average Bonchev–Trinajstić information content (AvgIpc) is 2.60. The lowest BCUT2D eigenvalue weighted by molar-refractivity contribution is -0.120. The molecule has 0 aliphatic heterocycles. The van der Waals surface area contributed by atoms with Gasteiger partial charge in [0.25, 0.3) is 0 Å². The van der Waals surface area contributed by atoms with Crippen LogP contribution in [0.4, 0.5) is 0 Å². The molecule has 2 unspecified atom stereocenters. The molecule has 0 radical (unpaired) electrons. The lowest BCUT2D eigenvalue weighted by Gasteiger charge is -2.20. The van der Waals surface area contributed by atoms with Crippen LogP contribution in [0.2, 0.25) is 0 Å². The smallest absolute Gasteiger partial charge is 0.136 e. The Morgan fingerprint density at radius 3 is 2.59 bits per heavy atom. The first kappa shape index (κ1) is 12.2. The number of hydrogen-bond acceptors (Lipinski definition) is 2. The molecule has 1 saturated carbocycles. The number of ketones is 1. The zero-order chi connectivity index (χ0) is 12.4. The number of carbonyl (C=O) groups is 1. The average molecular weight is 232 g/mol. The van der Waals surface area contributed by atoms with Gasteiger partial charge in [0, 0.05) is 12.3 Å². The summed E-state index contributed by atoms with van der Waals surface area (Å²) in [6, 6.07) is 8.11. The molecule has 1 aromatic rings. The molecule has 0 amide bonds. The fourth-order valence-corrected chi connectivity index (χ4v) is 2.57. The fourth-order valence-electron chi connectivity index (χ4n) is 2.57. The topological polar surface area (TPSA) is 26.3 Å². The van der Waals surface area contributed by atoms with E-state index < -0.39 is 0 Å². The van der Waals surface area contributed by atoms with Gasteiger partial charge in [-0.15, -0.1) is 0 Å². The van der Waals surface area contributed by atoms with Crippen LogP contribution in [0.25, 0.3) is 0 Å². The van der Waals surface area contributed by atoms with Crippen molar-refractivity contribution in [2.24, 2.45) is 5.92 Å². The van der Waals surface area contributed by atoms with E-state index in [9.17, 15) is 4.79 Å². The maximum absolute atomic E-state index is 11.7. The van der Waals surface area contributed by atoms with Gasteiger partial charge in [0.1, 0.15) is 11.5 Å². The molecule has 0 aromatic heterocycles. The molecule has 0 spiro atoms. The summed E-state index contributed by atoms with van der Waals surface area (Å²) in [4.78, 5) is 11.7. The molecule has 2 heteroatoms. The van der Waals surface area contributed by atoms with E-state index in [1.807, 2.05) is 39.0 Å². The summed E-state index contributed by atoms with van der Waals surface area (Å²) in [5.74, 6) is 1.78. The third-order valence-electron chi connectivity index (χ3n) is 3.49. The van der Waals surface area contributed by atoms with Gasteiger partial charge in [-0.2, -0.15) is 0 Å². The SMILES string of the molecule is CC(C)Oc1ccccc1C1CCC(=O)C1C. The van der Waals surface area contributed by atoms with Gasteiger partial charge in [-0.25, -0.2) is 0 Å². The summed E-state index contributed by atoms with van der Waals surface area (Å²) in [6.45, 7) is 6.09. The molecule has 0 heterocycles. The van der Waals surface area contributed by atoms with Crippen LogP contribution >= 0.6 is 0 Å². The van der Waals surface area contributed by atoms with Gasteiger partial charge in [0.2, 0.25) is 0 Å². The zero-order valence-corrected chi connectivity index (χ0v) is 10.8. The number of para-hydroxylation sites is 1. The molecule has 92 valence electrons. The minimum atomic E-state index is 0.131. The van der Waals surface area contributed by atoms with Gasteiger partial charge in [-0.05, 0) is 37.8 Å². The van der Waals surface area contributed by atoms with Gasteiger partial charge in [-0.3, -0.25) is 4.79 Å². The molecule has 2 nitrogen and oxygen atoms in total. The summed E-state index contributed by atoms with van der Waals surface area (Å²) in [5.41, 5.74) is 1.19. The van der Waals surface area contributed by atoms with Crippen LogP contribution in [0.1, 0.15) is 45.1 Å². The molecule has 1 aliphatic carbocycles. The molecular weight excluding hydrogens is 212 g/mol. The zero-order valence-electron chi connectivity index (χ0n) is 10.8. The van der Waals surface area contributed by atoms with E-state index in [4.69, 9.17) is 4.74 Å². The Labute approximate surface area is 103 Å². The highest BCUT2D eigenvalue weighted by molar-refractivity contribution is 5.84. The van der Waals surface area contributed by atoms with Crippen LogP contribution in [0.3, 0.4) is 0 Å². The van der Waals surface area contributed by atoms with Crippen LogP contribution in [-0.2, 0) is 4.79 Å². The third kappa shape index (κ3) is 2.51. The van der Waals surface area contributed by atoms with Gasteiger partial charge in [0.05, 0.1) is 6.10 Å². The first-order chi connectivity index (χ1) is 8.09. The third-order valence-corrected chi connectivity index (χ3v) is 3.49. The van der Waals surface area contributed by atoms with E-state index in [1.165, 1.54) is 5.56 Å². The Morgan fingerprint density at radius 2 is 2.00 bits per heavy atom. The highest BCUT2D eigenvalue weighted by Crippen LogP contribution is 2.41. The predicted octanol–water partition coefficient (Wildman–Crippen LogP) is 3.56. The van der Waals surface area contributed by atoms with Crippen molar-refractivity contribution in [1.82, 2.24) is 0 Å². The monoisotopic (exact) mass is 232 g/mol. The minimum absolute atomic E-state index is 0.131. The van der Waals surface area contributed by atoms with Gasteiger partial charge >= 0.3 is 0 Å². The van der Waals surface area contributed by atoms with Crippen molar-refractivity contribution in [1.29, 1.82) is 0 Å². The Hall–Kier alpha value is -1.31. The van der Waals surface area contributed by atoms with E-state index in [0.717, 1.165) is 12.2 Å². The van der Waals surface area contributed by atoms with Gasteiger partial charge in [-0.1, -0.05) is 25.1 Å². The number of ether oxygens (including phenoxy) is 1. The Balaban J connectivity index is 2.28. The molecular formula is C15H20O2. The summed E-state index contributed by atoms with van der Waals surface area (Å²) in [6.07, 6.45) is 1.84. The molecule has 1 aliphatic rings. The number of hydrogen-bond donors (Lipinski definition) is 0. The molecule has 0 N–H and O–H groups in total. The van der Waals surface area contributed by atoms with Crippen molar-refractivity contribution >= 4 is 5.78 Å². The number of Topliss-reactive ketones (excluding diaryl/α,β-unsaturated/α-hetero) is 1. The summed E-state index contributed by atoms with van der Waals surface area (Å²) in [7, 11) is 0. The lowest BCUT2D eigenvalue weighted by atomic mass is 9.89. The molecule has 2 rings (SSSR count). The van der Waals surface area contributed by atoms with Crippen molar-refractivity contribution in [3.05, 3.63) is 29.8 Å². The number of carbonyl (C=O) groups excluding carboxylic acids is 1. The summed E-state index contributed by atoms with van der Waals surface area (Å²) in [5, 5.41) is 0. The second-order valence-corrected chi connectivity index (χ2v) is 5.10. The van der Waals surface area contributed by atoms with Crippen molar-refractivity contribution in [3.63, 3.8) is 0 Å². The maximum atomic E-state index is 11.7. The van der Waals surface area contributed by atoms with Gasteiger partial charge in [0.15, 0.2) is 0 Å². The number of benzene rings is 1. The second kappa shape index (κ2) is 4.91. The van der Waals surface area contributed by atoms with Gasteiger partial charge < -0.3 is 4.74 Å². The molecule has 0 saturated heterocycles. The van der Waals surface area contributed by atoms with Crippen LogP contribution in [0.5, 0.6) is 5.75 Å². The quantitative estimate of drug-likeness (QED) is 0.796. The van der Waals surface area contributed by atoms with E-state index in [2.05, 4.69) is 6.07 Å². The minimum Gasteiger partial charge on any atom is -0.491 e. The Kier molecular flexibility index (Phi) is 3.51. The first-order valence-electron chi connectivity index (χ1n) is 6.38. The Morgan fingerprint density at radius 1 is 1.29 bits per heavy atom. The van der Waals surface area contributed by atoms with Crippen LogP contribution < -0.4 is 4.74 Å². The molecule has 2 atom stereocenters. The second-order valence-electron chi connectivity index (χ2n) is 5.10. The van der Waals surface area contributed by atoms with Crippen molar-refractivity contribution in [3.8, 4) is 5.75 Å². The first-order valence-corrected chi connectivity index (χ1v) is 6.38. The summed E-state index contributed by atoms with van der Waals surface area (Å²) < 4.78 is 5.83. The van der Waals surface area contributed by atoms with E-state index >= 15 is 0 Å². The van der Waals surface area contributed by atoms with E-state index in [-0.39, 0.29) is 12.0 Å². The largest absolute Gasteiger partial charge is 0.491 e. The molecule has 1 aromatic carbocycles. The predicted molar refractivity (Wildman–Crippen MR) is 68.4 cm³/mol. The number of rotatable bonds is 3. The van der Waals surface area contributed by atoms with Crippen LogP contribution in [-0.4, -0.2) is 11.9 Å². The maximum Gasteiger partial charge on any atom is 0.136 e. The van der Waals surface area contributed by atoms with Crippen molar-refractivity contribution in [2.45, 2.75) is 45.6 Å². The van der Waals surface area contributed by atoms with Crippen LogP contribution in [0.15, 0.2) is 24.3 Å². The van der Waals surface area contributed by atoms with Crippen LogP contribution in [0, 0.1) is 5.92 Å². The highest BCUT2D eigenvalue weighted by Gasteiger charge is 2.33. The standard InChI is InChI=1S/C15H20O2/c1-10(2)17-15-7-5-4-6-13(15)12-8-9-14(16)11(12)3/h4-7,10-12H,8-9H2,1-3H3. The molecule has 17 heavy (non-hydrogen) atoms. The van der Waals surface area contributed by atoms with E-state index in [0.29, 0.717) is 18.1 Å². The molecule has 1 fully saturated rings. The van der Waals surface area contributed by atoms with E-state index in [1.54, 1.807) is 0 Å². The lowest BCUT2D eigenvalue weighted by Crippen LogP contribution is -2.12. The molecule has 0 bridgehead atoms. The summed E-state index contributed by atoms with van der Waals surface area (Å²) >= 11 is 0.